The molecule has 1 atom stereocenters. The maximum absolute atomic E-state index is 12.6. The number of carbonyl (C=O) groups is 2. The molecule has 21 heavy (non-hydrogen) atoms. The van der Waals surface area contributed by atoms with Crippen LogP contribution in [0.3, 0.4) is 0 Å². The molecule has 1 fully saturated rings. The zero-order valence-corrected chi connectivity index (χ0v) is 11.9. The first-order chi connectivity index (χ1) is 9.97. The number of hydrogen-bond acceptors (Lipinski definition) is 5. The standard InChI is InChI=1S/C13H17N3O5/c1-14-9(6-7-11(14)16(19)20)12(17)15-8-4-3-5-10(15)13(18)21-2/h6-7,10H,3-5,8H2,1-2H3/t10-/m1/s1. The van der Waals surface area contributed by atoms with Crippen LogP contribution in [0.1, 0.15) is 29.8 Å². The number of likely N-dealkylation sites (tertiary alicyclic amines) is 1. The Bertz CT molecular complexity index is 580. The van der Waals surface area contributed by atoms with Crippen molar-refractivity contribution in [1.29, 1.82) is 0 Å². The summed E-state index contributed by atoms with van der Waals surface area (Å²) in [7, 11) is 2.75. The summed E-state index contributed by atoms with van der Waals surface area (Å²) in [4.78, 5) is 36.1. The molecule has 0 bridgehead atoms. The number of amides is 1. The van der Waals surface area contributed by atoms with Crippen LogP contribution in [-0.2, 0) is 16.6 Å². The van der Waals surface area contributed by atoms with Crippen molar-refractivity contribution in [1.82, 2.24) is 9.47 Å². The molecule has 2 heterocycles. The molecule has 0 unspecified atom stereocenters. The van der Waals surface area contributed by atoms with Crippen LogP contribution in [0.25, 0.3) is 0 Å². The topological polar surface area (TPSA) is 94.7 Å². The molecule has 0 aliphatic carbocycles. The maximum atomic E-state index is 12.6. The molecule has 0 saturated carbocycles. The Morgan fingerprint density at radius 3 is 2.67 bits per heavy atom. The molecule has 8 nitrogen and oxygen atoms in total. The number of ether oxygens (including phenoxy) is 1. The van der Waals surface area contributed by atoms with Gasteiger partial charge in [-0.2, -0.15) is 0 Å². The Balaban J connectivity index is 2.29. The van der Waals surface area contributed by atoms with Gasteiger partial charge in [0, 0.05) is 12.6 Å². The van der Waals surface area contributed by atoms with E-state index in [4.69, 9.17) is 4.74 Å². The van der Waals surface area contributed by atoms with Crippen molar-refractivity contribution >= 4 is 17.7 Å². The van der Waals surface area contributed by atoms with Crippen LogP contribution < -0.4 is 0 Å². The summed E-state index contributed by atoms with van der Waals surface area (Å²) in [5.74, 6) is -1.00. The van der Waals surface area contributed by atoms with Crippen LogP contribution in [-0.4, -0.2) is 46.0 Å². The fourth-order valence-corrected chi connectivity index (χ4v) is 2.60. The first kappa shape index (κ1) is 15.0. The average Bonchev–Trinajstić information content (AvgIpc) is 2.87. The van der Waals surface area contributed by atoms with Gasteiger partial charge in [-0.15, -0.1) is 0 Å². The SMILES string of the molecule is COC(=O)[C@H]1CCCCN1C(=O)c1ccc([N+](=O)[O-])n1C. The van der Waals surface area contributed by atoms with Gasteiger partial charge in [-0.1, -0.05) is 0 Å². The molecule has 1 aliphatic heterocycles. The van der Waals surface area contributed by atoms with Gasteiger partial charge in [-0.25, -0.2) is 9.36 Å². The van der Waals surface area contributed by atoms with E-state index in [1.165, 1.54) is 35.8 Å². The number of nitro groups is 1. The van der Waals surface area contributed by atoms with Crippen LogP contribution in [0.4, 0.5) is 5.82 Å². The normalized spacial score (nSPS) is 18.4. The highest BCUT2D eigenvalue weighted by molar-refractivity contribution is 5.96. The first-order valence-electron chi connectivity index (χ1n) is 6.66. The molecule has 114 valence electrons. The number of carbonyl (C=O) groups excluding carboxylic acids is 2. The van der Waals surface area contributed by atoms with Gasteiger partial charge in [0.2, 0.25) is 0 Å². The second-order valence-electron chi connectivity index (χ2n) is 4.93. The summed E-state index contributed by atoms with van der Waals surface area (Å²) in [5.41, 5.74) is 0.192. The average molecular weight is 295 g/mol. The molecular formula is C13H17N3O5. The van der Waals surface area contributed by atoms with E-state index in [0.29, 0.717) is 13.0 Å². The van der Waals surface area contributed by atoms with Crippen molar-refractivity contribution < 1.29 is 19.2 Å². The van der Waals surface area contributed by atoms with E-state index in [9.17, 15) is 19.7 Å². The Hall–Kier alpha value is -2.38. The highest BCUT2D eigenvalue weighted by Crippen LogP contribution is 2.23. The minimum Gasteiger partial charge on any atom is -0.467 e. The molecule has 1 amide bonds. The van der Waals surface area contributed by atoms with E-state index in [2.05, 4.69) is 0 Å². The lowest BCUT2D eigenvalue weighted by Crippen LogP contribution is -2.48. The second kappa shape index (κ2) is 5.94. The predicted molar refractivity (Wildman–Crippen MR) is 72.8 cm³/mol. The van der Waals surface area contributed by atoms with Crippen molar-refractivity contribution in [2.45, 2.75) is 25.3 Å². The molecular weight excluding hydrogens is 278 g/mol. The summed E-state index contributed by atoms with van der Waals surface area (Å²) in [6.45, 7) is 0.442. The first-order valence-corrected chi connectivity index (χ1v) is 6.66. The van der Waals surface area contributed by atoms with E-state index in [1.807, 2.05) is 0 Å². The van der Waals surface area contributed by atoms with Crippen molar-refractivity contribution in [3.05, 3.63) is 27.9 Å². The van der Waals surface area contributed by atoms with Gasteiger partial charge in [0.1, 0.15) is 6.04 Å². The molecule has 1 aromatic rings. The van der Waals surface area contributed by atoms with E-state index >= 15 is 0 Å². The third-order valence-electron chi connectivity index (χ3n) is 3.74. The van der Waals surface area contributed by atoms with Gasteiger partial charge in [-0.05, 0) is 30.3 Å². The Morgan fingerprint density at radius 2 is 2.10 bits per heavy atom. The summed E-state index contributed by atoms with van der Waals surface area (Å²) >= 11 is 0. The lowest BCUT2D eigenvalue weighted by Gasteiger charge is -2.33. The summed E-state index contributed by atoms with van der Waals surface area (Å²) in [6, 6.07) is 2.07. The highest BCUT2D eigenvalue weighted by Gasteiger charge is 2.36. The van der Waals surface area contributed by atoms with Gasteiger partial charge < -0.3 is 19.8 Å². The van der Waals surface area contributed by atoms with Crippen molar-refractivity contribution in [3.63, 3.8) is 0 Å². The second-order valence-corrected chi connectivity index (χ2v) is 4.93. The monoisotopic (exact) mass is 295 g/mol. The minimum absolute atomic E-state index is 0.162. The number of esters is 1. The molecule has 1 aromatic heterocycles. The fourth-order valence-electron chi connectivity index (χ4n) is 2.60. The number of nitrogens with zero attached hydrogens (tertiary/aromatic N) is 3. The molecule has 0 spiro atoms. The molecule has 0 N–H and O–H groups in total. The molecule has 1 aliphatic rings. The van der Waals surface area contributed by atoms with Gasteiger partial charge in [0.05, 0.1) is 14.2 Å². The van der Waals surface area contributed by atoms with E-state index in [-0.39, 0.29) is 17.4 Å². The van der Waals surface area contributed by atoms with E-state index in [1.54, 1.807) is 0 Å². The van der Waals surface area contributed by atoms with Crippen LogP contribution in [0.15, 0.2) is 12.1 Å². The number of piperidine rings is 1. The molecule has 2 rings (SSSR count). The molecule has 0 radical (unpaired) electrons. The van der Waals surface area contributed by atoms with Gasteiger partial charge in [0.25, 0.3) is 5.91 Å². The summed E-state index contributed by atoms with van der Waals surface area (Å²) in [6.07, 6.45) is 2.19. The van der Waals surface area contributed by atoms with E-state index < -0.39 is 16.9 Å². The van der Waals surface area contributed by atoms with Crippen molar-refractivity contribution in [2.75, 3.05) is 13.7 Å². The van der Waals surface area contributed by atoms with E-state index in [0.717, 1.165) is 12.8 Å². The Labute approximate surface area is 121 Å². The number of hydrogen-bond donors (Lipinski definition) is 0. The Kier molecular flexibility index (Phi) is 4.25. The molecule has 1 saturated heterocycles. The maximum Gasteiger partial charge on any atom is 0.328 e. The lowest BCUT2D eigenvalue weighted by molar-refractivity contribution is -0.391. The van der Waals surface area contributed by atoms with Gasteiger partial charge >= 0.3 is 11.8 Å². The summed E-state index contributed by atoms with van der Waals surface area (Å²) in [5, 5.41) is 10.8. The number of methoxy groups -OCH3 is 1. The van der Waals surface area contributed by atoms with Crippen LogP contribution in [0.5, 0.6) is 0 Å². The summed E-state index contributed by atoms with van der Waals surface area (Å²) < 4.78 is 5.96. The van der Waals surface area contributed by atoms with Gasteiger partial charge in [-0.3, -0.25) is 4.79 Å². The van der Waals surface area contributed by atoms with Crippen molar-refractivity contribution in [2.24, 2.45) is 7.05 Å². The van der Waals surface area contributed by atoms with Crippen LogP contribution >= 0.6 is 0 Å². The quantitative estimate of drug-likeness (QED) is 0.473. The lowest BCUT2D eigenvalue weighted by atomic mass is 10.0. The third-order valence-corrected chi connectivity index (χ3v) is 3.74. The minimum atomic E-state index is -0.620. The van der Waals surface area contributed by atoms with Crippen LogP contribution in [0, 0.1) is 10.1 Å². The Morgan fingerprint density at radius 1 is 1.38 bits per heavy atom. The highest BCUT2D eigenvalue weighted by atomic mass is 16.6. The van der Waals surface area contributed by atoms with Crippen LogP contribution in [0.2, 0.25) is 0 Å². The zero-order valence-electron chi connectivity index (χ0n) is 11.9. The molecule has 8 heteroatoms. The largest absolute Gasteiger partial charge is 0.467 e. The third kappa shape index (κ3) is 2.74. The van der Waals surface area contributed by atoms with Crippen molar-refractivity contribution in [3.8, 4) is 0 Å². The fraction of sp³-hybridized carbons (Fsp3) is 0.538. The predicted octanol–water partition coefficient (Wildman–Crippen LogP) is 1.10. The molecule has 0 aromatic carbocycles. The zero-order chi connectivity index (χ0) is 15.6. The number of rotatable bonds is 3. The smallest absolute Gasteiger partial charge is 0.328 e. The van der Waals surface area contributed by atoms with Gasteiger partial charge in [0.15, 0.2) is 5.69 Å². The number of aromatic nitrogens is 1.